The molecule has 2 fully saturated rings. The van der Waals surface area contributed by atoms with Gasteiger partial charge in [-0.3, -0.25) is 4.90 Å². The van der Waals surface area contributed by atoms with Gasteiger partial charge >= 0.3 is 6.01 Å². The van der Waals surface area contributed by atoms with Crippen LogP contribution in [0.15, 0.2) is 42.5 Å². The number of rotatable bonds is 12. The molecule has 1 N–H and O–H groups in total. The maximum atomic E-state index is 9.37. The second kappa shape index (κ2) is 14.5. The van der Waals surface area contributed by atoms with Crippen LogP contribution >= 0.6 is 0 Å². The molecule has 0 aliphatic carbocycles. The summed E-state index contributed by atoms with van der Waals surface area (Å²) in [6.45, 7) is 6.04. The minimum absolute atomic E-state index is 0.0253. The van der Waals surface area contributed by atoms with E-state index in [1.54, 1.807) is 0 Å². The van der Waals surface area contributed by atoms with E-state index in [0.29, 0.717) is 51.3 Å². The highest BCUT2D eigenvalue weighted by atomic mass is 16.5. The van der Waals surface area contributed by atoms with E-state index in [1.807, 2.05) is 0 Å². The monoisotopic (exact) mass is 600 g/mol. The van der Waals surface area contributed by atoms with Gasteiger partial charge in [0.2, 0.25) is 0 Å². The number of nitrogens with zero attached hydrogens (tertiary/aromatic N) is 6. The molecule has 0 amide bonds. The van der Waals surface area contributed by atoms with Crippen molar-refractivity contribution in [1.82, 2.24) is 14.9 Å². The van der Waals surface area contributed by atoms with E-state index in [-0.39, 0.29) is 18.8 Å². The number of aromatic nitrogens is 2. The largest absolute Gasteiger partial charge is 0.462 e. The van der Waals surface area contributed by atoms with E-state index >= 15 is 0 Å². The predicted octanol–water partition coefficient (Wildman–Crippen LogP) is 3.80. The second-order valence-electron chi connectivity index (χ2n) is 12.2. The third kappa shape index (κ3) is 7.08. The van der Waals surface area contributed by atoms with Gasteiger partial charge in [-0.05, 0) is 50.1 Å². The summed E-state index contributed by atoms with van der Waals surface area (Å²) in [5.74, 6) is 1.34. The van der Waals surface area contributed by atoms with E-state index in [2.05, 4.69) is 70.3 Å². The molecular weight excluding hydrogens is 556 g/mol. The van der Waals surface area contributed by atoms with Crippen molar-refractivity contribution in [2.24, 2.45) is 5.92 Å². The summed E-state index contributed by atoms with van der Waals surface area (Å²) >= 11 is 0. The molecule has 0 unspecified atom stereocenters. The number of aliphatic hydroxyl groups excluding tert-OH is 1. The minimum Gasteiger partial charge on any atom is -0.462 e. The van der Waals surface area contributed by atoms with Crippen molar-refractivity contribution in [3.8, 4) is 12.1 Å². The fourth-order valence-corrected chi connectivity index (χ4v) is 6.91. The maximum absolute atomic E-state index is 9.37. The zero-order valence-corrected chi connectivity index (χ0v) is 25.7. The van der Waals surface area contributed by atoms with Gasteiger partial charge in [0.05, 0.1) is 50.8 Å². The minimum atomic E-state index is 0.0253. The molecular formula is C34H44N6O4. The maximum Gasteiger partial charge on any atom is 0.318 e. The summed E-state index contributed by atoms with van der Waals surface area (Å²) < 4.78 is 17.7. The Morgan fingerprint density at radius 2 is 1.91 bits per heavy atom. The zero-order chi connectivity index (χ0) is 30.3. The van der Waals surface area contributed by atoms with Crippen LogP contribution in [0.4, 0.5) is 11.5 Å². The average Bonchev–Trinajstić information content (AvgIpc) is 3.41. The van der Waals surface area contributed by atoms with Crippen LogP contribution in [0.1, 0.15) is 36.9 Å². The lowest BCUT2D eigenvalue weighted by molar-refractivity contribution is 0.00184. The van der Waals surface area contributed by atoms with Crippen LogP contribution in [0, 0.1) is 17.2 Å². The lowest BCUT2D eigenvalue weighted by Gasteiger charge is -2.37. The molecule has 1 aromatic heterocycles. The van der Waals surface area contributed by atoms with Gasteiger partial charge in [-0.15, -0.1) is 0 Å². The van der Waals surface area contributed by atoms with E-state index in [4.69, 9.17) is 29.3 Å². The smallest absolute Gasteiger partial charge is 0.318 e. The van der Waals surface area contributed by atoms with Crippen molar-refractivity contribution in [1.29, 1.82) is 5.26 Å². The molecule has 0 radical (unpaired) electrons. The van der Waals surface area contributed by atoms with Crippen LogP contribution in [-0.2, 0) is 22.4 Å². The summed E-state index contributed by atoms with van der Waals surface area (Å²) in [7, 11) is 2.10. The molecule has 44 heavy (non-hydrogen) atoms. The fourth-order valence-electron chi connectivity index (χ4n) is 6.91. The van der Waals surface area contributed by atoms with Crippen molar-refractivity contribution in [3.63, 3.8) is 0 Å². The first-order valence-corrected chi connectivity index (χ1v) is 16.0. The Hall–Kier alpha value is -3.49. The molecule has 0 bridgehead atoms. The number of likely N-dealkylation sites (tertiary alicyclic amines) is 1. The van der Waals surface area contributed by atoms with Crippen molar-refractivity contribution in [2.45, 2.75) is 50.8 Å². The molecule has 3 aliphatic heterocycles. The number of piperidine rings is 1. The van der Waals surface area contributed by atoms with Gasteiger partial charge in [0.15, 0.2) is 0 Å². The predicted molar refractivity (Wildman–Crippen MR) is 170 cm³/mol. The summed E-state index contributed by atoms with van der Waals surface area (Å²) in [6.07, 6.45) is 4.56. The molecule has 3 aliphatic rings. The van der Waals surface area contributed by atoms with Gasteiger partial charge in [0, 0.05) is 55.3 Å². The Labute approximate surface area is 260 Å². The number of likely N-dealkylation sites (N-methyl/N-ethyl adjacent to an activating group) is 1. The Morgan fingerprint density at radius 1 is 1.02 bits per heavy atom. The van der Waals surface area contributed by atoms with Gasteiger partial charge in [0.1, 0.15) is 12.4 Å². The fraction of sp³-hybridized carbons (Fsp3) is 0.559. The van der Waals surface area contributed by atoms with E-state index in [0.717, 1.165) is 63.4 Å². The Balaban J connectivity index is 1.20. The second-order valence-corrected chi connectivity index (χ2v) is 12.2. The van der Waals surface area contributed by atoms with Crippen molar-refractivity contribution in [2.75, 3.05) is 76.1 Å². The molecule has 4 heterocycles. The number of hydrogen-bond donors (Lipinski definition) is 1. The standard InChI is InChI=1S/C34H44N6O4/c1-38-22-28(43-19-18-42-17-16-41)20-27(38)24-44-34-36-31-23-39(32-10-4-8-26-7-2-3-9-29(26)32)15-12-30(31)33(37-34)40-14-5-6-25(21-40)11-13-35/h2-4,7-10,25,27-28,41H,5-6,11-12,14-24H2,1H3/t25-,27-,28+/m0/s1. The van der Waals surface area contributed by atoms with Crippen LogP contribution in [0.2, 0.25) is 0 Å². The van der Waals surface area contributed by atoms with Gasteiger partial charge in [-0.1, -0.05) is 36.4 Å². The summed E-state index contributed by atoms with van der Waals surface area (Å²) in [5.41, 5.74) is 3.46. The first-order valence-electron chi connectivity index (χ1n) is 16.0. The zero-order valence-electron chi connectivity index (χ0n) is 25.7. The Bertz CT molecular complexity index is 1440. The SMILES string of the molecule is CN1C[C@H](OCCOCCO)C[C@H]1COc1nc2c(c(N3CCC[C@@H](CC#N)C3)n1)CCN(c1cccc3ccccc13)C2. The summed E-state index contributed by atoms with van der Waals surface area (Å²) in [6, 6.07) is 18.1. The molecule has 2 aromatic carbocycles. The van der Waals surface area contributed by atoms with Crippen LogP contribution in [0.25, 0.3) is 10.8 Å². The lowest BCUT2D eigenvalue weighted by atomic mass is 9.94. The number of aliphatic hydroxyl groups is 1. The summed E-state index contributed by atoms with van der Waals surface area (Å²) in [4.78, 5) is 17.1. The average molecular weight is 601 g/mol. The Kier molecular flexibility index (Phi) is 10.1. The van der Waals surface area contributed by atoms with Crippen molar-refractivity contribution >= 4 is 22.3 Å². The highest BCUT2D eigenvalue weighted by Gasteiger charge is 2.32. The quantitative estimate of drug-likeness (QED) is 0.309. The van der Waals surface area contributed by atoms with Gasteiger partial charge in [-0.25, -0.2) is 0 Å². The van der Waals surface area contributed by atoms with E-state index in [9.17, 15) is 5.26 Å². The highest BCUT2D eigenvalue weighted by Crippen LogP contribution is 2.35. The van der Waals surface area contributed by atoms with Gasteiger partial charge in [-0.2, -0.15) is 15.2 Å². The van der Waals surface area contributed by atoms with Crippen LogP contribution in [0.3, 0.4) is 0 Å². The topological polar surface area (TPSA) is 107 Å². The normalized spacial score (nSPS) is 22.2. The third-order valence-electron chi connectivity index (χ3n) is 9.20. The molecule has 0 saturated carbocycles. The van der Waals surface area contributed by atoms with Crippen LogP contribution in [-0.4, -0.2) is 98.4 Å². The first-order chi connectivity index (χ1) is 21.6. The van der Waals surface area contributed by atoms with Crippen molar-refractivity contribution < 1.29 is 19.3 Å². The van der Waals surface area contributed by atoms with Crippen molar-refractivity contribution in [3.05, 3.63) is 53.7 Å². The van der Waals surface area contributed by atoms with E-state index in [1.165, 1.54) is 22.0 Å². The molecule has 10 nitrogen and oxygen atoms in total. The van der Waals surface area contributed by atoms with Gasteiger partial charge < -0.3 is 29.1 Å². The number of anilines is 2. The van der Waals surface area contributed by atoms with Gasteiger partial charge in [0.25, 0.3) is 0 Å². The summed E-state index contributed by atoms with van der Waals surface area (Å²) in [5, 5.41) is 20.7. The molecule has 0 spiro atoms. The molecule has 6 rings (SSSR count). The number of ether oxygens (including phenoxy) is 3. The molecule has 3 aromatic rings. The third-order valence-corrected chi connectivity index (χ3v) is 9.20. The van der Waals surface area contributed by atoms with Crippen LogP contribution < -0.4 is 14.5 Å². The van der Waals surface area contributed by atoms with E-state index < -0.39 is 0 Å². The molecule has 2 saturated heterocycles. The van der Waals surface area contributed by atoms with Crippen LogP contribution in [0.5, 0.6) is 6.01 Å². The highest BCUT2D eigenvalue weighted by molar-refractivity contribution is 5.94. The lowest BCUT2D eigenvalue weighted by Crippen LogP contribution is -2.39. The Morgan fingerprint density at radius 3 is 2.80 bits per heavy atom. The molecule has 3 atom stereocenters. The number of fused-ring (bicyclic) bond motifs is 2. The number of nitriles is 1. The molecule has 234 valence electrons. The molecule has 10 heteroatoms. The first kappa shape index (κ1) is 30.5. The number of hydrogen-bond acceptors (Lipinski definition) is 10. The number of benzene rings is 2.